The van der Waals surface area contributed by atoms with E-state index >= 15 is 0 Å². The van der Waals surface area contributed by atoms with E-state index < -0.39 is 0 Å². The summed E-state index contributed by atoms with van der Waals surface area (Å²) in [5.41, 5.74) is 6.99. The highest BCUT2D eigenvalue weighted by atomic mass is 15.2. The normalized spacial score (nSPS) is 39.2. The Morgan fingerprint density at radius 3 is 2.35 bits per heavy atom. The number of rotatable bonds is 2. The van der Waals surface area contributed by atoms with Crippen LogP contribution in [0.1, 0.15) is 59.3 Å². The Morgan fingerprint density at radius 2 is 1.82 bits per heavy atom. The largest absolute Gasteiger partial charge is 0.329 e. The second kappa shape index (κ2) is 4.89. The highest BCUT2D eigenvalue weighted by molar-refractivity contribution is 4.98. The molecule has 0 atom stereocenters. The third-order valence-corrected chi connectivity index (χ3v) is 5.16. The van der Waals surface area contributed by atoms with Crippen LogP contribution < -0.4 is 5.73 Å². The highest BCUT2D eigenvalue weighted by Crippen LogP contribution is 2.40. The van der Waals surface area contributed by atoms with Crippen molar-refractivity contribution in [1.29, 1.82) is 0 Å². The Balaban J connectivity index is 2.07. The van der Waals surface area contributed by atoms with Crippen molar-refractivity contribution in [3.8, 4) is 0 Å². The van der Waals surface area contributed by atoms with E-state index in [2.05, 4.69) is 25.7 Å². The number of hydrogen-bond donors (Lipinski definition) is 1. The van der Waals surface area contributed by atoms with E-state index in [0.717, 1.165) is 12.5 Å². The second-order valence-corrected chi connectivity index (χ2v) is 7.30. The maximum atomic E-state index is 6.16. The minimum absolute atomic E-state index is 0.337. The van der Waals surface area contributed by atoms with Gasteiger partial charge in [-0.2, -0.15) is 0 Å². The predicted octanol–water partition coefficient (Wildman–Crippen LogP) is 3.02. The molecule has 0 amide bonds. The molecule has 2 fully saturated rings. The van der Waals surface area contributed by atoms with Crippen LogP contribution in [0, 0.1) is 11.3 Å². The quantitative estimate of drug-likeness (QED) is 0.801. The summed E-state index contributed by atoms with van der Waals surface area (Å²) in [6, 6.07) is 0. The highest BCUT2D eigenvalue weighted by Gasteiger charge is 2.41. The zero-order valence-corrected chi connectivity index (χ0v) is 12.0. The lowest BCUT2D eigenvalue weighted by molar-refractivity contribution is -0.0102. The molecule has 1 heterocycles. The molecule has 1 saturated carbocycles. The van der Waals surface area contributed by atoms with E-state index in [-0.39, 0.29) is 0 Å². The maximum absolute atomic E-state index is 6.16. The minimum atomic E-state index is 0.337. The summed E-state index contributed by atoms with van der Waals surface area (Å²) in [5.74, 6) is 0.910. The van der Waals surface area contributed by atoms with Crippen LogP contribution in [0.25, 0.3) is 0 Å². The van der Waals surface area contributed by atoms with Gasteiger partial charge in [0.1, 0.15) is 0 Å². The summed E-state index contributed by atoms with van der Waals surface area (Å²) in [5, 5.41) is 0. The third-order valence-electron chi connectivity index (χ3n) is 5.16. The minimum Gasteiger partial charge on any atom is -0.329 e. The van der Waals surface area contributed by atoms with Crippen molar-refractivity contribution in [2.75, 3.05) is 19.6 Å². The molecule has 0 unspecified atom stereocenters. The molecule has 0 aromatic carbocycles. The molecule has 2 aliphatic rings. The lowest BCUT2D eigenvalue weighted by Crippen LogP contribution is -2.59. The molecule has 0 aromatic heterocycles. The Labute approximate surface area is 107 Å². The van der Waals surface area contributed by atoms with Gasteiger partial charge in [0.15, 0.2) is 0 Å². The van der Waals surface area contributed by atoms with Crippen LogP contribution in [-0.4, -0.2) is 30.1 Å². The van der Waals surface area contributed by atoms with Crippen molar-refractivity contribution in [2.24, 2.45) is 17.1 Å². The van der Waals surface area contributed by atoms with Crippen LogP contribution in [-0.2, 0) is 0 Å². The van der Waals surface area contributed by atoms with Crippen LogP contribution in [0.2, 0.25) is 0 Å². The molecule has 0 aromatic rings. The van der Waals surface area contributed by atoms with Crippen LogP contribution >= 0.6 is 0 Å². The molecule has 1 aliphatic carbocycles. The average Bonchev–Trinajstić information content (AvgIpc) is 2.29. The number of likely N-dealkylation sites (tertiary alicyclic amines) is 1. The summed E-state index contributed by atoms with van der Waals surface area (Å²) < 4.78 is 0. The molecule has 0 radical (unpaired) electrons. The molecular weight excluding hydrogens is 208 g/mol. The Morgan fingerprint density at radius 1 is 1.18 bits per heavy atom. The van der Waals surface area contributed by atoms with Crippen molar-refractivity contribution >= 4 is 0 Å². The maximum Gasteiger partial charge on any atom is 0.0332 e. The SMILES string of the molecule is CC1CCC(CN)(N2CCCC(C)(C)C2)CC1. The smallest absolute Gasteiger partial charge is 0.0332 e. The van der Waals surface area contributed by atoms with Gasteiger partial charge in [0, 0.05) is 18.6 Å². The Bertz CT molecular complexity index is 252. The van der Waals surface area contributed by atoms with Crippen LogP contribution in [0.3, 0.4) is 0 Å². The number of hydrogen-bond acceptors (Lipinski definition) is 2. The topological polar surface area (TPSA) is 29.3 Å². The number of piperidine rings is 1. The van der Waals surface area contributed by atoms with E-state index in [1.807, 2.05) is 0 Å². The monoisotopic (exact) mass is 238 g/mol. The molecule has 17 heavy (non-hydrogen) atoms. The van der Waals surface area contributed by atoms with Gasteiger partial charge in [0.2, 0.25) is 0 Å². The zero-order chi connectivity index (χ0) is 12.5. The second-order valence-electron chi connectivity index (χ2n) is 7.30. The van der Waals surface area contributed by atoms with E-state index in [1.54, 1.807) is 0 Å². The van der Waals surface area contributed by atoms with E-state index in [4.69, 9.17) is 5.73 Å². The molecule has 2 rings (SSSR count). The molecule has 1 aliphatic heterocycles. The van der Waals surface area contributed by atoms with Gasteiger partial charge in [0.05, 0.1) is 0 Å². The fourth-order valence-corrected chi connectivity index (χ4v) is 3.78. The average molecular weight is 238 g/mol. The molecule has 100 valence electrons. The van der Waals surface area contributed by atoms with Crippen LogP contribution in [0.4, 0.5) is 0 Å². The first-order chi connectivity index (χ1) is 7.97. The van der Waals surface area contributed by atoms with Gasteiger partial charge in [-0.05, 0) is 56.4 Å². The summed E-state index contributed by atoms with van der Waals surface area (Å²) in [6.07, 6.45) is 8.11. The lowest BCUT2D eigenvalue weighted by atomic mass is 9.73. The van der Waals surface area contributed by atoms with Crippen molar-refractivity contribution in [3.05, 3.63) is 0 Å². The zero-order valence-electron chi connectivity index (χ0n) is 12.0. The summed E-state index contributed by atoms with van der Waals surface area (Å²) in [7, 11) is 0. The van der Waals surface area contributed by atoms with Gasteiger partial charge in [-0.15, -0.1) is 0 Å². The summed E-state index contributed by atoms with van der Waals surface area (Å²) in [4.78, 5) is 2.74. The molecule has 2 N–H and O–H groups in total. The summed E-state index contributed by atoms with van der Waals surface area (Å²) in [6.45, 7) is 10.6. The first kappa shape index (κ1) is 13.4. The molecule has 1 saturated heterocycles. The Kier molecular flexibility index (Phi) is 3.84. The van der Waals surface area contributed by atoms with Gasteiger partial charge in [-0.25, -0.2) is 0 Å². The van der Waals surface area contributed by atoms with Crippen molar-refractivity contribution in [1.82, 2.24) is 4.90 Å². The van der Waals surface area contributed by atoms with Crippen LogP contribution in [0.15, 0.2) is 0 Å². The van der Waals surface area contributed by atoms with Crippen molar-refractivity contribution in [2.45, 2.75) is 64.8 Å². The first-order valence-electron chi connectivity index (χ1n) is 7.43. The standard InChI is InChI=1S/C15H30N2/c1-13-5-8-15(11-16,9-6-13)17-10-4-7-14(2,3)12-17/h13H,4-12,16H2,1-3H3. The molecule has 0 spiro atoms. The third kappa shape index (κ3) is 2.85. The van der Waals surface area contributed by atoms with Crippen LogP contribution in [0.5, 0.6) is 0 Å². The summed E-state index contributed by atoms with van der Waals surface area (Å²) >= 11 is 0. The van der Waals surface area contributed by atoms with Crippen molar-refractivity contribution in [3.63, 3.8) is 0 Å². The van der Waals surface area contributed by atoms with Gasteiger partial charge >= 0.3 is 0 Å². The van der Waals surface area contributed by atoms with Gasteiger partial charge < -0.3 is 5.73 Å². The van der Waals surface area contributed by atoms with Gasteiger partial charge in [0.25, 0.3) is 0 Å². The van der Waals surface area contributed by atoms with E-state index in [9.17, 15) is 0 Å². The predicted molar refractivity (Wildman–Crippen MR) is 74.0 cm³/mol. The molecule has 2 nitrogen and oxygen atoms in total. The van der Waals surface area contributed by atoms with E-state index in [1.165, 1.54) is 51.6 Å². The first-order valence-corrected chi connectivity index (χ1v) is 7.43. The molecule has 0 bridgehead atoms. The van der Waals surface area contributed by atoms with Crippen molar-refractivity contribution < 1.29 is 0 Å². The Hall–Kier alpha value is -0.0800. The molecular formula is C15H30N2. The fraction of sp³-hybridized carbons (Fsp3) is 1.00. The number of nitrogens with two attached hydrogens (primary N) is 1. The fourth-order valence-electron chi connectivity index (χ4n) is 3.78. The lowest BCUT2D eigenvalue weighted by Gasteiger charge is -2.52. The van der Waals surface area contributed by atoms with Gasteiger partial charge in [-0.3, -0.25) is 4.90 Å². The van der Waals surface area contributed by atoms with E-state index in [0.29, 0.717) is 11.0 Å². The molecule has 2 heteroatoms. The van der Waals surface area contributed by atoms with Gasteiger partial charge in [-0.1, -0.05) is 20.8 Å². The number of nitrogens with zero attached hydrogens (tertiary/aromatic N) is 1.